The molecular formula is C24H26N2O3. The normalized spacial score (nSPS) is 11.7. The smallest absolute Gasteiger partial charge is 0.338 e. The Morgan fingerprint density at radius 3 is 2.17 bits per heavy atom. The summed E-state index contributed by atoms with van der Waals surface area (Å²) < 4.78 is 7.26. The highest BCUT2D eigenvalue weighted by molar-refractivity contribution is 5.91. The van der Waals surface area contributed by atoms with E-state index in [0.717, 1.165) is 22.6 Å². The number of carbonyl (C=O) groups is 2. The van der Waals surface area contributed by atoms with Gasteiger partial charge in [0, 0.05) is 23.6 Å². The topological polar surface area (TPSA) is 60.3 Å². The second-order valence-corrected chi connectivity index (χ2v) is 7.19. The summed E-state index contributed by atoms with van der Waals surface area (Å²) in [5, 5.41) is 2.81. The van der Waals surface area contributed by atoms with E-state index in [0.29, 0.717) is 12.1 Å². The Balaban J connectivity index is 1.49. The van der Waals surface area contributed by atoms with Crippen LogP contribution in [0.15, 0.2) is 66.7 Å². The Morgan fingerprint density at radius 1 is 0.931 bits per heavy atom. The molecule has 0 saturated carbocycles. The van der Waals surface area contributed by atoms with Crippen molar-refractivity contribution in [2.24, 2.45) is 0 Å². The van der Waals surface area contributed by atoms with Crippen molar-refractivity contribution in [3.8, 4) is 5.69 Å². The average molecular weight is 390 g/mol. The predicted molar refractivity (Wildman–Crippen MR) is 113 cm³/mol. The molecular weight excluding hydrogens is 364 g/mol. The number of aryl methyl sites for hydroxylation is 2. The van der Waals surface area contributed by atoms with Crippen molar-refractivity contribution in [2.45, 2.75) is 26.7 Å². The third-order valence-electron chi connectivity index (χ3n) is 4.94. The molecule has 1 heterocycles. The minimum Gasteiger partial charge on any atom is -0.452 e. The number of rotatable bonds is 7. The van der Waals surface area contributed by atoms with Crippen LogP contribution in [-0.4, -0.2) is 29.6 Å². The minimum absolute atomic E-state index is 0.184. The van der Waals surface area contributed by atoms with Crippen LogP contribution in [0.4, 0.5) is 0 Å². The molecule has 3 rings (SSSR count). The molecule has 150 valence electrons. The zero-order valence-corrected chi connectivity index (χ0v) is 17.0. The number of nitrogens with zero attached hydrogens (tertiary/aromatic N) is 1. The lowest BCUT2D eigenvalue weighted by molar-refractivity contribution is -0.124. The van der Waals surface area contributed by atoms with Gasteiger partial charge in [-0.1, -0.05) is 37.3 Å². The highest BCUT2D eigenvalue weighted by Crippen LogP contribution is 2.17. The maximum absolute atomic E-state index is 12.2. The van der Waals surface area contributed by atoms with Crippen molar-refractivity contribution in [1.29, 1.82) is 0 Å². The highest BCUT2D eigenvalue weighted by Gasteiger charge is 2.12. The molecule has 0 saturated heterocycles. The monoisotopic (exact) mass is 390 g/mol. The third-order valence-corrected chi connectivity index (χ3v) is 4.94. The van der Waals surface area contributed by atoms with Crippen molar-refractivity contribution >= 4 is 11.9 Å². The van der Waals surface area contributed by atoms with Crippen LogP contribution in [0.2, 0.25) is 0 Å². The van der Waals surface area contributed by atoms with E-state index in [2.05, 4.69) is 22.0 Å². The van der Waals surface area contributed by atoms with E-state index in [-0.39, 0.29) is 18.4 Å². The maximum Gasteiger partial charge on any atom is 0.338 e. The van der Waals surface area contributed by atoms with Gasteiger partial charge in [0.15, 0.2) is 6.61 Å². The molecule has 3 aromatic rings. The molecule has 2 aromatic carbocycles. The maximum atomic E-state index is 12.2. The summed E-state index contributed by atoms with van der Waals surface area (Å²) in [5.41, 5.74) is 4.80. The van der Waals surface area contributed by atoms with Crippen LogP contribution in [0.5, 0.6) is 0 Å². The zero-order chi connectivity index (χ0) is 20.8. The molecule has 0 aliphatic heterocycles. The lowest BCUT2D eigenvalue weighted by Gasteiger charge is -2.13. The Bertz CT molecular complexity index is 956. The van der Waals surface area contributed by atoms with Gasteiger partial charge in [0.05, 0.1) is 5.56 Å². The highest BCUT2D eigenvalue weighted by atomic mass is 16.5. The molecule has 1 amide bonds. The fourth-order valence-electron chi connectivity index (χ4n) is 3.25. The lowest BCUT2D eigenvalue weighted by atomic mass is 10.0. The summed E-state index contributed by atoms with van der Waals surface area (Å²) in [5.74, 6) is -0.635. The zero-order valence-electron chi connectivity index (χ0n) is 17.0. The van der Waals surface area contributed by atoms with Crippen LogP contribution in [0, 0.1) is 13.8 Å². The summed E-state index contributed by atoms with van der Waals surface area (Å²) in [7, 11) is 0. The van der Waals surface area contributed by atoms with Gasteiger partial charge in [0.1, 0.15) is 0 Å². The second kappa shape index (κ2) is 9.24. The van der Waals surface area contributed by atoms with Crippen LogP contribution in [0.1, 0.15) is 40.2 Å². The number of amides is 1. The number of carbonyl (C=O) groups excluding carboxylic acids is 2. The van der Waals surface area contributed by atoms with E-state index in [1.807, 2.05) is 63.2 Å². The molecule has 0 aliphatic rings. The van der Waals surface area contributed by atoms with Gasteiger partial charge in [0.25, 0.3) is 5.91 Å². The Kier molecular flexibility index (Phi) is 6.50. The Hall–Kier alpha value is -3.34. The van der Waals surface area contributed by atoms with E-state index in [1.54, 1.807) is 12.1 Å². The Labute approximate surface area is 171 Å². The molecule has 0 bridgehead atoms. The summed E-state index contributed by atoms with van der Waals surface area (Å²) in [4.78, 5) is 24.2. The van der Waals surface area contributed by atoms with Gasteiger partial charge in [0.2, 0.25) is 0 Å². The first kappa shape index (κ1) is 20.4. The molecule has 0 radical (unpaired) electrons. The first-order valence-corrected chi connectivity index (χ1v) is 9.70. The van der Waals surface area contributed by atoms with E-state index in [9.17, 15) is 9.59 Å². The van der Waals surface area contributed by atoms with Gasteiger partial charge in [-0.15, -0.1) is 0 Å². The second-order valence-electron chi connectivity index (χ2n) is 7.19. The van der Waals surface area contributed by atoms with E-state index >= 15 is 0 Å². The van der Waals surface area contributed by atoms with Gasteiger partial charge >= 0.3 is 5.97 Å². The van der Waals surface area contributed by atoms with E-state index in [1.165, 1.54) is 0 Å². The summed E-state index contributed by atoms with van der Waals surface area (Å²) in [6, 6.07) is 21.2. The van der Waals surface area contributed by atoms with Gasteiger partial charge in [-0.05, 0) is 61.7 Å². The van der Waals surface area contributed by atoms with Crippen LogP contribution < -0.4 is 5.32 Å². The molecule has 1 N–H and O–H groups in total. The van der Waals surface area contributed by atoms with Crippen molar-refractivity contribution in [2.75, 3.05) is 13.2 Å². The van der Waals surface area contributed by atoms with Crippen LogP contribution >= 0.6 is 0 Å². The fraction of sp³-hybridized carbons (Fsp3) is 0.250. The average Bonchev–Trinajstić information content (AvgIpc) is 3.09. The number of ether oxygens (including phenoxy) is 1. The van der Waals surface area contributed by atoms with Gasteiger partial charge in [-0.25, -0.2) is 4.79 Å². The van der Waals surface area contributed by atoms with E-state index < -0.39 is 5.97 Å². The Morgan fingerprint density at radius 2 is 1.55 bits per heavy atom. The third kappa shape index (κ3) is 5.13. The van der Waals surface area contributed by atoms with Crippen LogP contribution in [-0.2, 0) is 9.53 Å². The lowest BCUT2D eigenvalue weighted by Crippen LogP contribution is -2.31. The minimum atomic E-state index is -0.510. The number of aromatic nitrogens is 1. The van der Waals surface area contributed by atoms with Crippen molar-refractivity contribution in [3.05, 3.63) is 89.2 Å². The van der Waals surface area contributed by atoms with Crippen LogP contribution in [0.3, 0.4) is 0 Å². The number of nitrogens with one attached hydrogen (secondary N) is 1. The first-order valence-electron chi connectivity index (χ1n) is 9.70. The predicted octanol–water partition coefficient (Wildman–Crippen LogP) is 4.17. The molecule has 1 atom stereocenters. The largest absolute Gasteiger partial charge is 0.452 e. The van der Waals surface area contributed by atoms with Crippen LogP contribution in [0.25, 0.3) is 5.69 Å². The standard InChI is InChI=1S/C24H26N2O3/c1-17(20-7-5-4-6-8-20)15-25-23(27)16-29-24(28)21-11-13-22(14-12-21)26-18(2)9-10-19(26)3/h4-14,17H,15-16H2,1-3H3,(H,25,27)/t17-/m1/s1. The van der Waals surface area contributed by atoms with Gasteiger partial charge in [-0.2, -0.15) is 0 Å². The number of hydrogen-bond donors (Lipinski definition) is 1. The van der Waals surface area contributed by atoms with Gasteiger partial charge in [-0.3, -0.25) is 4.79 Å². The van der Waals surface area contributed by atoms with Gasteiger partial charge < -0.3 is 14.6 Å². The molecule has 1 aromatic heterocycles. The molecule has 5 heteroatoms. The summed E-state index contributed by atoms with van der Waals surface area (Å²) in [6.45, 7) is 6.30. The molecule has 0 spiro atoms. The molecule has 0 unspecified atom stereocenters. The molecule has 0 aliphatic carbocycles. The fourth-order valence-corrected chi connectivity index (χ4v) is 3.25. The number of benzene rings is 2. The van der Waals surface area contributed by atoms with E-state index in [4.69, 9.17) is 4.74 Å². The SMILES string of the molecule is Cc1ccc(C)n1-c1ccc(C(=O)OCC(=O)NC[C@@H](C)c2ccccc2)cc1. The molecule has 29 heavy (non-hydrogen) atoms. The summed E-state index contributed by atoms with van der Waals surface area (Å²) >= 11 is 0. The van der Waals surface area contributed by atoms with Crippen molar-refractivity contribution < 1.29 is 14.3 Å². The molecule has 5 nitrogen and oxygen atoms in total. The summed E-state index contributed by atoms with van der Waals surface area (Å²) in [6.07, 6.45) is 0. The van der Waals surface area contributed by atoms with Crippen molar-refractivity contribution in [1.82, 2.24) is 9.88 Å². The van der Waals surface area contributed by atoms with Crippen molar-refractivity contribution in [3.63, 3.8) is 0 Å². The number of esters is 1. The quantitative estimate of drug-likeness (QED) is 0.616. The number of hydrogen-bond acceptors (Lipinski definition) is 3. The molecule has 0 fully saturated rings. The first-order chi connectivity index (χ1) is 14.0.